The van der Waals surface area contributed by atoms with Gasteiger partial charge < -0.3 is 10.2 Å². The molecule has 0 saturated heterocycles. The third kappa shape index (κ3) is 12.9. The predicted octanol–water partition coefficient (Wildman–Crippen LogP) is 8.80. The van der Waals surface area contributed by atoms with Crippen LogP contribution in [0.2, 0.25) is 0 Å². The lowest BCUT2D eigenvalue weighted by atomic mass is 9.87. The molecular formula is C36H48O8. The van der Waals surface area contributed by atoms with Crippen molar-refractivity contribution in [3.05, 3.63) is 46.5 Å². The fourth-order valence-corrected chi connectivity index (χ4v) is 5.72. The summed E-state index contributed by atoms with van der Waals surface area (Å²) in [7, 11) is 0. The molecule has 44 heavy (non-hydrogen) atoms. The van der Waals surface area contributed by atoms with E-state index >= 15 is 0 Å². The Morgan fingerprint density at radius 2 is 0.705 bits per heavy atom. The van der Waals surface area contributed by atoms with Crippen molar-refractivity contribution in [1.29, 1.82) is 0 Å². The molecule has 2 aromatic rings. The molecule has 2 N–H and O–H groups in total. The molecular weight excluding hydrogens is 560 g/mol. The van der Waals surface area contributed by atoms with Crippen molar-refractivity contribution in [2.45, 2.75) is 128 Å². The van der Waals surface area contributed by atoms with E-state index in [-0.39, 0.29) is 35.5 Å². The lowest BCUT2D eigenvalue weighted by molar-refractivity contribution is -0.138. The Kier molecular flexibility index (Phi) is 17.5. The highest BCUT2D eigenvalue weighted by Crippen LogP contribution is 2.31. The Hall–Kier alpha value is -3.68. The minimum absolute atomic E-state index is 0.114. The molecule has 0 heterocycles. The Morgan fingerprint density at radius 1 is 0.432 bits per heavy atom. The molecule has 0 aliphatic heterocycles. The monoisotopic (exact) mass is 608 g/mol. The summed E-state index contributed by atoms with van der Waals surface area (Å²) in [6.07, 6.45) is 16.9. The predicted molar refractivity (Wildman–Crippen MR) is 171 cm³/mol. The van der Waals surface area contributed by atoms with Crippen molar-refractivity contribution in [3.8, 4) is 0 Å². The molecule has 0 atom stereocenters. The van der Waals surface area contributed by atoms with Crippen LogP contribution in [0, 0.1) is 0 Å². The van der Waals surface area contributed by atoms with Gasteiger partial charge in [-0.05, 0) is 25.7 Å². The molecule has 0 unspecified atom stereocenters. The number of carbonyl (C=O) groups is 6. The number of unbranched alkanes of at least 4 members (excludes halogenated alkanes) is 14. The number of fused-ring (bicyclic) bond motifs is 1. The summed E-state index contributed by atoms with van der Waals surface area (Å²) in [5, 5.41) is 18.1. The molecule has 0 aliphatic rings. The smallest absolute Gasteiger partial charge is 0.303 e. The van der Waals surface area contributed by atoms with Crippen molar-refractivity contribution in [2.75, 3.05) is 0 Å². The number of aldehydes is 2. The Morgan fingerprint density at radius 3 is 0.977 bits per heavy atom. The van der Waals surface area contributed by atoms with Crippen LogP contribution < -0.4 is 0 Å². The zero-order chi connectivity index (χ0) is 32.2. The number of rotatable bonds is 26. The summed E-state index contributed by atoms with van der Waals surface area (Å²) in [5.74, 6) is -1.74. The number of ketones is 2. The zero-order valence-electron chi connectivity index (χ0n) is 26.0. The van der Waals surface area contributed by atoms with Gasteiger partial charge in [-0.1, -0.05) is 101 Å². The molecule has 8 nitrogen and oxygen atoms in total. The van der Waals surface area contributed by atoms with Crippen LogP contribution in [-0.2, 0) is 9.59 Å². The largest absolute Gasteiger partial charge is 0.481 e. The summed E-state index contributed by atoms with van der Waals surface area (Å²) in [4.78, 5) is 71.7. The molecule has 8 heteroatoms. The Balaban J connectivity index is 1.94. The van der Waals surface area contributed by atoms with Crippen LogP contribution in [-0.4, -0.2) is 46.3 Å². The molecule has 2 aromatic carbocycles. The van der Waals surface area contributed by atoms with Gasteiger partial charge in [0.25, 0.3) is 0 Å². The Bertz CT molecular complexity index is 1170. The average molecular weight is 609 g/mol. The summed E-state index contributed by atoms with van der Waals surface area (Å²) in [6, 6.07) is 6.31. The quantitative estimate of drug-likeness (QED) is 0.0613. The third-order valence-corrected chi connectivity index (χ3v) is 8.17. The van der Waals surface area contributed by atoms with Gasteiger partial charge in [-0.25, -0.2) is 0 Å². The maximum atomic E-state index is 13.3. The van der Waals surface area contributed by atoms with Gasteiger partial charge in [0.15, 0.2) is 24.1 Å². The van der Waals surface area contributed by atoms with E-state index in [0.717, 1.165) is 77.0 Å². The minimum Gasteiger partial charge on any atom is -0.481 e. The maximum Gasteiger partial charge on any atom is 0.303 e. The van der Waals surface area contributed by atoms with E-state index in [2.05, 4.69) is 0 Å². The highest BCUT2D eigenvalue weighted by Gasteiger charge is 2.21. The number of aliphatic carboxylic acids is 2. The molecule has 0 aromatic heterocycles. The molecule has 0 spiro atoms. The summed E-state index contributed by atoms with van der Waals surface area (Å²) < 4.78 is 0. The van der Waals surface area contributed by atoms with Crippen LogP contribution in [0.5, 0.6) is 0 Å². The number of carboxylic acid groups (broad SMARTS) is 2. The first kappa shape index (κ1) is 36.5. The second-order valence-electron chi connectivity index (χ2n) is 11.7. The van der Waals surface area contributed by atoms with Gasteiger partial charge in [0.05, 0.1) is 0 Å². The first-order valence-corrected chi connectivity index (χ1v) is 16.3. The van der Waals surface area contributed by atoms with Gasteiger partial charge in [0.2, 0.25) is 0 Å². The van der Waals surface area contributed by atoms with Crippen LogP contribution in [0.1, 0.15) is 170 Å². The second kappa shape index (κ2) is 21.1. The summed E-state index contributed by atoms with van der Waals surface area (Å²) >= 11 is 0. The molecule has 0 amide bonds. The van der Waals surface area contributed by atoms with E-state index in [4.69, 9.17) is 10.2 Å². The molecule has 0 bridgehead atoms. The molecule has 0 saturated carbocycles. The lowest BCUT2D eigenvalue weighted by Gasteiger charge is -2.14. The first-order valence-electron chi connectivity index (χ1n) is 16.3. The van der Waals surface area contributed by atoms with Gasteiger partial charge in [-0.2, -0.15) is 0 Å². The number of carbonyl (C=O) groups excluding carboxylic acids is 4. The van der Waals surface area contributed by atoms with Crippen molar-refractivity contribution >= 4 is 46.8 Å². The Labute approximate surface area is 260 Å². The molecule has 240 valence electrons. The normalized spacial score (nSPS) is 11.0. The minimum atomic E-state index is -0.756. The maximum absolute atomic E-state index is 13.3. The molecule has 0 fully saturated rings. The molecule has 2 rings (SSSR count). The van der Waals surface area contributed by atoms with Crippen molar-refractivity contribution < 1.29 is 39.0 Å². The van der Waals surface area contributed by atoms with Gasteiger partial charge in [0.1, 0.15) is 0 Å². The molecule has 0 aliphatic carbocycles. The number of Topliss-reactive ketones (excluding diaryl/α,β-unsaturated/α-hetero) is 2. The van der Waals surface area contributed by atoms with Crippen molar-refractivity contribution in [1.82, 2.24) is 0 Å². The van der Waals surface area contributed by atoms with Gasteiger partial charge in [-0.15, -0.1) is 0 Å². The lowest BCUT2D eigenvalue weighted by Crippen LogP contribution is -2.08. The van der Waals surface area contributed by atoms with E-state index in [1.54, 1.807) is 12.1 Å². The van der Waals surface area contributed by atoms with Gasteiger partial charge >= 0.3 is 11.9 Å². The van der Waals surface area contributed by atoms with Crippen molar-refractivity contribution in [2.24, 2.45) is 0 Å². The second-order valence-corrected chi connectivity index (χ2v) is 11.7. The van der Waals surface area contributed by atoms with Crippen molar-refractivity contribution in [3.63, 3.8) is 0 Å². The van der Waals surface area contributed by atoms with Gasteiger partial charge in [0, 0.05) is 58.7 Å². The van der Waals surface area contributed by atoms with Crippen LogP contribution in [0.3, 0.4) is 0 Å². The van der Waals surface area contributed by atoms with E-state index < -0.39 is 11.9 Å². The fraction of sp³-hybridized carbons (Fsp3) is 0.556. The fourth-order valence-electron chi connectivity index (χ4n) is 5.72. The summed E-state index contributed by atoms with van der Waals surface area (Å²) in [5.41, 5.74) is 1.30. The van der Waals surface area contributed by atoms with Crippen LogP contribution in [0.15, 0.2) is 24.3 Å². The number of hydrogen-bond acceptors (Lipinski definition) is 6. The standard InChI is InChI=1S/C36H48O8/c37-25-27-21-22-28(26-38)36-30(32(40)18-14-10-6-2-4-8-12-16-20-34(43)44)24-23-29(35(27)36)31(39)17-13-9-5-1-3-7-11-15-19-33(41)42/h21-26H,1-20H2,(H,41,42)(H,43,44). The number of hydrogen-bond donors (Lipinski definition) is 2. The molecule has 0 radical (unpaired) electrons. The highest BCUT2D eigenvalue weighted by molar-refractivity contribution is 6.21. The zero-order valence-corrected chi connectivity index (χ0v) is 26.0. The number of carboxylic acids is 2. The SMILES string of the molecule is O=Cc1ccc(C=O)c2c(C(=O)CCCCCCCCCCC(=O)O)ccc(C(=O)CCCCCCCCCCC(=O)O)c12. The van der Waals surface area contributed by atoms with Gasteiger partial charge in [-0.3, -0.25) is 28.8 Å². The summed E-state index contributed by atoms with van der Waals surface area (Å²) in [6.45, 7) is 0. The van der Waals surface area contributed by atoms with E-state index in [9.17, 15) is 28.8 Å². The third-order valence-electron chi connectivity index (χ3n) is 8.17. The van der Waals surface area contributed by atoms with E-state index in [1.165, 1.54) is 12.1 Å². The van der Waals surface area contributed by atoms with Crippen LogP contribution in [0.4, 0.5) is 0 Å². The number of benzene rings is 2. The average Bonchev–Trinajstić information content (AvgIpc) is 3.01. The van der Waals surface area contributed by atoms with E-state index in [1.807, 2.05) is 0 Å². The van der Waals surface area contributed by atoms with Crippen LogP contribution in [0.25, 0.3) is 10.8 Å². The van der Waals surface area contributed by atoms with E-state index in [0.29, 0.717) is 73.0 Å². The van der Waals surface area contributed by atoms with Crippen LogP contribution >= 0.6 is 0 Å². The topological polar surface area (TPSA) is 143 Å². The first-order chi connectivity index (χ1) is 21.3. The highest BCUT2D eigenvalue weighted by atomic mass is 16.4.